The molecular weight excluding hydrogens is 559 g/mol. The molecule has 2 saturated heterocycles. The van der Waals surface area contributed by atoms with Gasteiger partial charge >= 0.3 is 0 Å². The number of carbonyl (C=O) groups excluding carboxylic acids is 1. The quantitative estimate of drug-likeness (QED) is 0.353. The fraction of sp³-hybridized carbons (Fsp3) is 0.500. The molecule has 1 spiro atoms. The van der Waals surface area contributed by atoms with Gasteiger partial charge in [0.25, 0.3) is 5.91 Å². The third-order valence-electron chi connectivity index (χ3n) is 9.63. The van der Waals surface area contributed by atoms with Gasteiger partial charge in [0.2, 0.25) is 0 Å². The number of carbonyl (C=O) groups is 1. The average Bonchev–Trinajstić information content (AvgIpc) is 3.37. The smallest absolute Gasteiger partial charge is 0.257 e. The fourth-order valence-corrected chi connectivity index (χ4v) is 7.28. The maximum absolute atomic E-state index is 14.3. The first-order valence-corrected chi connectivity index (χ1v) is 15.8. The number of halogens is 1. The maximum Gasteiger partial charge on any atom is 0.257 e. The van der Waals surface area contributed by atoms with Crippen molar-refractivity contribution < 1.29 is 18.7 Å². The first kappa shape index (κ1) is 29.0. The molecule has 7 rings (SSSR count). The summed E-state index contributed by atoms with van der Waals surface area (Å²) in [7, 11) is 0. The van der Waals surface area contributed by atoms with E-state index in [1.807, 2.05) is 20.8 Å². The van der Waals surface area contributed by atoms with Crippen molar-refractivity contribution in [3.8, 4) is 17.2 Å². The Morgan fingerprint density at radius 3 is 2.68 bits per heavy atom. The van der Waals surface area contributed by atoms with Gasteiger partial charge in [-0.2, -0.15) is 0 Å². The average molecular weight is 601 g/mol. The van der Waals surface area contributed by atoms with Gasteiger partial charge in [0, 0.05) is 69.4 Å². The topological polar surface area (TPSA) is 83.1 Å². The van der Waals surface area contributed by atoms with E-state index in [4.69, 9.17) is 9.47 Å². The molecule has 3 aliphatic heterocycles. The third kappa shape index (κ3) is 5.49. The molecule has 3 aromatic rings. The van der Waals surface area contributed by atoms with E-state index in [-0.39, 0.29) is 34.8 Å². The SMILES string of the molecule is CCN(C(=O)c1cc(F)ccc1Oc1cncnc1N1CC2(CC(Oc3cccc4c3CN(CC3CNC3)C4)C2)C1)C(C)C. The van der Waals surface area contributed by atoms with Crippen LogP contribution in [0.4, 0.5) is 10.2 Å². The molecule has 1 aromatic heterocycles. The van der Waals surface area contributed by atoms with Gasteiger partial charge in [0.1, 0.15) is 29.7 Å². The number of hydrogen-bond donors (Lipinski definition) is 1. The van der Waals surface area contributed by atoms with Crippen molar-refractivity contribution >= 4 is 11.7 Å². The lowest BCUT2D eigenvalue weighted by Gasteiger charge is -2.59. The van der Waals surface area contributed by atoms with Gasteiger partial charge in [-0.05, 0) is 69.4 Å². The van der Waals surface area contributed by atoms with Crippen molar-refractivity contribution in [3.05, 3.63) is 71.4 Å². The Balaban J connectivity index is 0.985. The molecule has 1 aliphatic carbocycles. The Morgan fingerprint density at radius 2 is 1.95 bits per heavy atom. The monoisotopic (exact) mass is 600 g/mol. The number of anilines is 1. The molecule has 4 heterocycles. The van der Waals surface area contributed by atoms with Crippen molar-refractivity contribution in [3.63, 3.8) is 0 Å². The highest BCUT2D eigenvalue weighted by atomic mass is 19.1. The second-order valence-corrected chi connectivity index (χ2v) is 13.2. The summed E-state index contributed by atoms with van der Waals surface area (Å²) in [6.07, 6.45) is 5.34. The van der Waals surface area contributed by atoms with Crippen LogP contribution >= 0.6 is 0 Å². The number of amides is 1. The summed E-state index contributed by atoms with van der Waals surface area (Å²) in [4.78, 5) is 28.5. The van der Waals surface area contributed by atoms with Crippen LogP contribution in [-0.4, -0.2) is 77.1 Å². The minimum atomic E-state index is -0.486. The predicted octanol–water partition coefficient (Wildman–Crippen LogP) is 4.86. The molecule has 10 heteroatoms. The first-order chi connectivity index (χ1) is 21.3. The molecule has 0 unspecified atom stereocenters. The largest absolute Gasteiger partial charge is 0.490 e. The highest BCUT2D eigenvalue weighted by Crippen LogP contribution is 2.52. The van der Waals surface area contributed by atoms with Crippen LogP contribution in [0.15, 0.2) is 48.9 Å². The Labute approximate surface area is 258 Å². The van der Waals surface area contributed by atoms with E-state index in [1.54, 1.807) is 11.1 Å². The molecule has 2 aromatic carbocycles. The molecule has 1 amide bonds. The number of benzene rings is 2. The lowest BCUT2D eigenvalue weighted by atomic mass is 9.61. The highest BCUT2D eigenvalue weighted by molar-refractivity contribution is 5.97. The van der Waals surface area contributed by atoms with Crippen LogP contribution in [0.1, 0.15) is 55.1 Å². The van der Waals surface area contributed by atoms with Crippen LogP contribution in [0.3, 0.4) is 0 Å². The van der Waals surface area contributed by atoms with E-state index in [2.05, 4.69) is 43.3 Å². The fourth-order valence-electron chi connectivity index (χ4n) is 7.28. The van der Waals surface area contributed by atoms with E-state index in [0.29, 0.717) is 18.1 Å². The minimum Gasteiger partial charge on any atom is -0.490 e. The van der Waals surface area contributed by atoms with Gasteiger partial charge in [-0.1, -0.05) is 12.1 Å². The highest BCUT2D eigenvalue weighted by Gasteiger charge is 2.54. The van der Waals surface area contributed by atoms with Crippen LogP contribution < -0.4 is 19.7 Å². The van der Waals surface area contributed by atoms with Crippen molar-refractivity contribution in [1.29, 1.82) is 0 Å². The molecule has 1 N–H and O–H groups in total. The number of fused-ring (bicyclic) bond motifs is 1. The Hall–Kier alpha value is -3.76. The summed E-state index contributed by atoms with van der Waals surface area (Å²) in [5, 5.41) is 3.38. The number of rotatable bonds is 10. The van der Waals surface area contributed by atoms with Crippen LogP contribution in [0, 0.1) is 17.2 Å². The van der Waals surface area contributed by atoms with Gasteiger partial charge in [-0.15, -0.1) is 0 Å². The standard InChI is InChI=1S/C34H41FN6O3/c1-4-41(22(2)3)33(42)27-10-25(35)8-9-30(27)44-31-15-37-21-38-32(31)40-19-34(20-40)11-26(12-34)43-29-7-5-6-24-17-39(18-28(24)29)16-23-13-36-14-23/h5-10,15,21-23,26,36H,4,11-14,16-20H2,1-3H3. The molecule has 44 heavy (non-hydrogen) atoms. The molecule has 0 atom stereocenters. The van der Waals surface area contributed by atoms with Gasteiger partial charge < -0.3 is 24.6 Å². The molecule has 0 bridgehead atoms. The van der Waals surface area contributed by atoms with E-state index >= 15 is 0 Å². The summed E-state index contributed by atoms with van der Waals surface area (Å²) in [5.74, 6) is 2.47. The van der Waals surface area contributed by atoms with Gasteiger partial charge in [0.05, 0.1) is 11.8 Å². The molecule has 3 fully saturated rings. The van der Waals surface area contributed by atoms with Crippen molar-refractivity contribution in [2.45, 2.75) is 58.8 Å². The molecule has 232 valence electrons. The zero-order chi connectivity index (χ0) is 30.4. The van der Waals surface area contributed by atoms with Crippen LogP contribution in [0.25, 0.3) is 0 Å². The third-order valence-corrected chi connectivity index (χ3v) is 9.63. The molecule has 0 radical (unpaired) electrons. The van der Waals surface area contributed by atoms with Crippen LogP contribution in [0.2, 0.25) is 0 Å². The van der Waals surface area contributed by atoms with Gasteiger partial charge in [-0.25, -0.2) is 14.4 Å². The summed E-state index contributed by atoms with van der Waals surface area (Å²) in [5.41, 5.74) is 3.13. The number of aromatic nitrogens is 2. The normalized spacial score (nSPS) is 19.3. The van der Waals surface area contributed by atoms with E-state index in [0.717, 1.165) is 70.3 Å². The molecule has 9 nitrogen and oxygen atoms in total. The predicted molar refractivity (Wildman–Crippen MR) is 166 cm³/mol. The second kappa shape index (κ2) is 11.6. The minimum absolute atomic E-state index is 0.0287. The molecule has 1 saturated carbocycles. The Morgan fingerprint density at radius 1 is 1.14 bits per heavy atom. The number of hydrogen-bond acceptors (Lipinski definition) is 8. The van der Waals surface area contributed by atoms with E-state index in [9.17, 15) is 9.18 Å². The maximum atomic E-state index is 14.3. The van der Waals surface area contributed by atoms with Gasteiger partial charge in [0.15, 0.2) is 11.6 Å². The summed E-state index contributed by atoms with van der Waals surface area (Å²) < 4.78 is 27.1. The van der Waals surface area contributed by atoms with Crippen molar-refractivity contribution in [2.75, 3.05) is 44.2 Å². The number of nitrogens with zero attached hydrogens (tertiary/aromatic N) is 5. The Kier molecular flexibility index (Phi) is 7.66. The van der Waals surface area contributed by atoms with Crippen molar-refractivity contribution in [2.24, 2.45) is 11.3 Å². The van der Waals surface area contributed by atoms with E-state index < -0.39 is 5.82 Å². The summed E-state index contributed by atoms with van der Waals surface area (Å²) >= 11 is 0. The number of ether oxygens (including phenoxy) is 2. The zero-order valence-electron chi connectivity index (χ0n) is 25.8. The molecule has 4 aliphatic rings. The summed E-state index contributed by atoms with van der Waals surface area (Å²) in [6, 6.07) is 10.5. The number of nitrogens with one attached hydrogen (secondary N) is 1. The van der Waals surface area contributed by atoms with Crippen LogP contribution in [0.5, 0.6) is 17.2 Å². The zero-order valence-corrected chi connectivity index (χ0v) is 25.8. The van der Waals surface area contributed by atoms with E-state index in [1.165, 1.54) is 35.7 Å². The van der Waals surface area contributed by atoms with Gasteiger partial charge in [-0.3, -0.25) is 9.69 Å². The Bertz CT molecular complexity index is 1530. The second-order valence-electron chi connectivity index (χ2n) is 13.2. The lowest BCUT2D eigenvalue weighted by Crippen LogP contribution is -2.65. The first-order valence-electron chi connectivity index (χ1n) is 15.8. The van der Waals surface area contributed by atoms with Crippen molar-refractivity contribution in [1.82, 2.24) is 25.1 Å². The lowest BCUT2D eigenvalue weighted by molar-refractivity contribution is -0.0349. The van der Waals surface area contributed by atoms with Crippen LogP contribution in [-0.2, 0) is 13.1 Å². The molecular formula is C34H41FN6O3. The summed E-state index contributed by atoms with van der Waals surface area (Å²) in [6.45, 7) is 13.4.